The summed E-state index contributed by atoms with van der Waals surface area (Å²) in [5.74, 6) is 1.31. The zero-order valence-electron chi connectivity index (χ0n) is 13.8. The van der Waals surface area contributed by atoms with Gasteiger partial charge in [-0.25, -0.2) is 0 Å². The zero-order chi connectivity index (χ0) is 15.8. The second-order valence-electron chi connectivity index (χ2n) is 6.86. The Morgan fingerprint density at radius 1 is 1.24 bits per heavy atom. The highest BCUT2D eigenvalue weighted by atomic mass is 16.6. The standard InChI is InChI=1S/C17H26O4/c1-11(18)12-7-8-13(14(9-12)19-6)20-15-10-16(2,3)21-17(15,4)5/h7-9,11,15,18H,10H2,1-6H3/t11-,15?/m0/s1. The molecular formula is C17H26O4. The molecule has 0 aromatic heterocycles. The van der Waals surface area contributed by atoms with Crippen molar-refractivity contribution in [3.8, 4) is 11.5 Å². The molecule has 0 saturated carbocycles. The number of aliphatic hydroxyl groups is 1. The van der Waals surface area contributed by atoms with Crippen LogP contribution in [0.25, 0.3) is 0 Å². The molecule has 1 aromatic carbocycles. The van der Waals surface area contributed by atoms with Crippen LogP contribution in [0.3, 0.4) is 0 Å². The average molecular weight is 294 g/mol. The largest absolute Gasteiger partial charge is 0.493 e. The van der Waals surface area contributed by atoms with E-state index in [9.17, 15) is 5.11 Å². The van der Waals surface area contributed by atoms with Gasteiger partial charge < -0.3 is 19.3 Å². The van der Waals surface area contributed by atoms with Crippen LogP contribution in [0, 0.1) is 0 Å². The highest BCUT2D eigenvalue weighted by Gasteiger charge is 2.47. The van der Waals surface area contributed by atoms with E-state index in [0.29, 0.717) is 11.5 Å². The molecule has 2 atom stereocenters. The van der Waals surface area contributed by atoms with Crippen LogP contribution in [-0.4, -0.2) is 29.5 Å². The summed E-state index contributed by atoms with van der Waals surface area (Å²) in [6, 6.07) is 5.52. The van der Waals surface area contributed by atoms with Crippen molar-refractivity contribution >= 4 is 0 Å². The second-order valence-corrected chi connectivity index (χ2v) is 6.86. The van der Waals surface area contributed by atoms with Gasteiger partial charge in [-0.1, -0.05) is 6.07 Å². The molecule has 0 amide bonds. The maximum atomic E-state index is 9.65. The molecule has 0 bridgehead atoms. The number of benzene rings is 1. The fourth-order valence-electron chi connectivity index (χ4n) is 2.89. The van der Waals surface area contributed by atoms with E-state index in [1.54, 1.807) is 14.0 Å². The summed E-state index contributed by atoms with van der Waals surface area (Å²) >= 11 is 0. The minimum atomic E-state index is -0.530. The molecule has 1 heterocycles. The molecular weight excluding hydrogens is 268 g/mol. The molecule has 1 aliphatic heterocycles. The van der Waals surface area contributed by atoms with Crippen molar-refractivity contribution in [2.75, 3.05) is 7.11 Å². The van der Waals surface area contributed by atoms with Gasteiger partial charge in [-0.15, -0.1) is 0 Å². The predicted octanol–water partition coefficient (Wildman–Crippen LogP) is 3.47. The third kappa shape index (κ3) is 3.50. The van der Waals surface area contributed by atoms with E-state index in [0.717, 1.165) is 12.0 Å². The number of hydrogen-bond donors (Lipinski definition) is 1. The molecule has 0 spiro atoms. The van der Waals surface area contributed by atoms with Crippen LogP contribution in [0.2, 0.25) is 0 Å². The van der Waals surface area contributed by atoms with Gasteiger partial charge in [0.25, 0.3) is 0 Å². The van der Waals surface area contributed by atoms with Crippen molar-refractivity contribution in [1.82, 2.24) is 0 Å². The lowest BCUT2D eigenvalue weighted by Gasteiger charge is -2.28. The van der Waals surface area contributed by atoms with Gasteiger partial charge in [0.05, 0.1) is 18.8 Å². The quantitative estimate of drug-likeness (QED) is 0.923. The Hall–Kier alpha value is -1.26. The van der Waals surface area contributed by atoms with Gasteiger partial charge in [0.2, 0.25) is 0 Å². The van der Waals surface area contributed by atoms with Gasteiger partial charge in [0.15, 0.2) is 11.5 Å². The fraction of sp³-hybridized carbons (Fsp3) is 0.647. The lowest BCUT2D eigenvalue weighted by molar-refractivity contribution is -0.0847. The summed E-state index contributed by atoms with van der Waals surface area (Å²) in [6.07, 6.45) is 0.248. The van der Waals surface area contributed by atoms with E-state index < -0.39 is 6.10 Å². The Balaban J connectivity index is 2.24. The number of hydrogen-bond acceptors (Lipinski definition) is 4. The van der Waals surface area contributed by atoms with Crippen molar-refractivity contribution in [3.63, 3.8) is 0 Å². The first-order valence-corrected chi connectivity index (χ1v) is 7.37. The van der Waals surface area contributed by atoms with Gasteiger partial charge in [-0.2, -0.15) is 0 Å². The molecule has 4 nitrogen and oxygen atoms in total. The van der Waals surface area contributed by atoms with E-state index in [-0.39, 0.29) is 17.3 Å². The fourth-order valence-corrected chi connectivity index (χ4v) is 2.89. The molecule has 1 aromatic rings. The monoisotopic (exact) mass is 294 g/mol. The van der Waals surface area contributed by atoms with Crippen LogP contribution < -0.4 is 9.47 Å². The maximum Gasteiger partial charge on any atom is 0.161 e. The SMILES string of the molecule is COc1cc([C@H](C)O)ccc1OC1CC(C)(C)OC1(C)C. The Morgan fingerprint density at radius 3 is 2.38 bits per heavy atom. The second kappa shape index (κ2) is 5.50. The first-order chi connectivity index (χ1) is 9.64. The van der Waals surface area contributed by atoms with Crippen LogP contribution in [0.15, 0.2) is 18.2 Å². The smallest absolute Gasteiger partial charge is 0.161 e. The van der Waals surface area contributed by atoms with E-state index in [1.165, 1.54) is 0 Å². The first-order valence-electron chi connectivity index (χ1n) is 7.37. The lowest BCUT2D eigenvalue weighted by atomic mass is 9.97. The average Bonchev–Trinajstić information content (AvgIpc) is 2.57. The summed E-state index contributed by atoms with van der Waals surface area (Å²) in [7, 11) is 1.61. The minimum Gasteiger partial charge on any atom is -0.493 e. The molecule has 1 fully saturated rings. The number of methoxy groups -OCH3 is 1. The summed E-state index contributed by atoms with van der Waals surface area (Å²) in [5.41, 5.74) is 0.264. The maximum absolute atomic E-state index is 9.65. The van der Waals surface area contributed by atoms with E-state index in [2.05, 4.69) is 13.8 Å². The van der Waals surface area contributed by atoms with Crippen LogP contribution in [0.5, 0.6) is 11.5 Å². The normalized spacial score (nSPS) is 24.6. The molecule has 0 aliphatic carbocycles. The third-order valence-electron chi connectivity index (χ3n) is 3.93. The Bertz CT molecular complexity index is 506. The Labute approximate surface area is 127 Å². The van der Waals surface area contributed by atoms with Crippen LogP contribution in [0.4, 0.5) is 0 Å². The van der Waals surface area contributed by atoms with Crippen LogP contribution in [-0.2, 0) is 4.74 Å². The highest BCUT2D eigenvalue weighted by molar-refractivity contribution is 5.43. The van der Waals surface area contributed by atoms with Gasteiger partial charge in [-0.05, 0) is 52.3 Å². The molecule has 1 saturated heterocycles. The minimum absolute atomic E-state index is 0.0428. The molecule has 1 unspecified atom stereocenters. The van der Waals surface area contributed by atoms with Gasteiger partial charge in [-0.3, -0.25) is 0 Å². The van der Waals surface area contributed by atoms with Crippen molar-refractivity contribution in [3.05, 3.63) is 23.8 Å². The van der Waals surface area contributed by atoms with E-state index in [1.807, 2.05) is 32.0 Å². The third-order valence-corrected chi connectivity index (χ3v) is 3.93. The predicted molar refractivity (Wildman–Crippen MR) is 81.9 cm³/mol. The van der Waals surface area contributed by atoms with Crippen molar-refractivity contribution < 1.29 is 19.3 Å². The molecule has 21 heavy (non-hydrogen) atoms. The summed E-state index contributed by atoms with van der Waals surface area (Å²) in [4.78, 5) is 0. The van der Waals surface area contributed by atoms with E-state index >= 15 is 0 Å². The molecule has 0 radical (unpaired) electrons. The number of aliphatic hydroxyl groups excluding tert-OH is 1. The number of rotatable bonds is 4. The van der Waals surface area contributed by atoms with Crippen molar-refractivity contribution in [1.29, 1.82) is 0 Å². The zero-order valence-corrected chi connectivity index (χ0v) is 13.8. The van der Waals surface area contributed by atoms with Gasteiger partial charge in [0, 0.05) is 6.42 Å². The molecule has 1 N–H and O–H groups in total. The number of ether oxygens (including phenoxy) is 3. The molecule has 118 valence electrons. The van der Waals surface area contributed by atoms with Gasteiger partial charge in [0.1, 0.15) is 11.7 Å². The Kier molecular flexibility index (Phi) is 4.22. The summed E-state index contributed by atoms with van der Waals surface area (Å²) < 4.78 is 17.6. The summed E-state index contributed by atoms with van der Waals surface area (Å²) in [6.45, 7) is 9.97. The lowest BCUT2D eigenvalue weighted by Crippen LogP contribution is -2.36. The van der Waals surface area contributed by atoms with Crippen LogP contribution >= 0.6 is 0 Å². The van der Waals surface area contributed by atoms with Crippen molar-refractivity contribution in [2.24, 2.45) is 0 Å². The molecule has 1 aliphatic rings. The first kappa shape index (κ1) is 16.1. The Morgan fingerprint density at radius 2 is 1.90 bits per heavy atom. The molecule has 2 rings (SSSR count). The van der Waals surface area contributed by atoms with Crippen molar-refractivity contribution in [2.45, 2.75) is 64.4 Å². The van der Waals surface area contributed by atoms with Gasteiger partial charge >= 0.3 is 0 Å². The topological polar surface area (TPSA) is 47.9 Å². The highest BCUT2D eigenvalue weighted by Crippen LogP contribution is 2.41. The van der Waals surface area contributed by atoms with Crippen LogP contribution in [0.1, 0.15) is 52.7 Å². The molecule has 4 heteroatoms. The van der Waals surface area contributed by atoms with E-state index in [4.69, 9.17) is 14.2 Å². The summed E-state index contributed by atoms with van der Waals surface area (Å²) in [5, 5.41) is 9.65.